The fourth-order valence-corrected chi connectivity index (χ4v) is 3.81. The van der Waals surface area contributed by atoms with E-state index in [0.717, 1.165) is 16.8 Å². The van der Waals surface area contributed by atoms with Gasteiger partial charge in [-0.15, -0.1) is 0 Å². The fraction of sp³-hybridized carbons (Fsp3) is 0.174. The summed E-state index contributed by atoms with van der Waals surface area (Å²) >= 11 is 15.8. The van der Waals surface area contributed by atoms with E-state index in [0.29, 0.717) is 38.2 Å². The number of anilines is 2. The molecule has 5 nitrogen and oxygen atoms in total. The number of hydrogen-bond acceptors (Lipinski definition) is 4. The number of ether oxygens (including phenoxy) is 2. The zero-order valence-corrected chi connectivity index (χ0v) is 20.1. The number of hydrogen-bond donors (Lipinski definition) is 2. The Morgan fingerprint density at radius 3 is 2.55 bits per heavy atom. The Bertz CT molecular complexity index is 1090. The average molecular weight is 524 g/mol. The lowest BCUT2D eigenvalue weighted by atomic mass is 10.2. The number of amides is 1. The Hall–Kier alpha value is -2.41. The molecule has 8 heteroatoms. The van der Waals surface area contributed by atoms with Crippen LogP contribution in [-0.4, -0.2) is 19.6 Å². The van der Waals surface area contributed by atoms with E-state index in [-0.39, 0.29) is 12.5 Å². The highest BCUT2D eigenvalue weighted by Crippen LogP contribution is 2.37. The van der Waals surface area contributed by atoms with Crippen LogP contribution in [0.2, 0.25) is 10.0 Å². The van der Waals surface area contributed by atoms with E-state index in [1.54, 1.807) is 19.2 Å². The first-order valence-electron chi connectivity index (χ1n) is 9.41. The van der Waals surface area contributed by atoms with Crippen LogP contribution in [0.5, 0.6) is 11.5 Å². The van der Waals surface area contributed by atoms with Crippen molar-refractivity contribution in [1.29, 1.82) is 0 Å². The lowest BCUT2D eigenvalue weighted by Crippen LogP contribution is -2.20. The number of carbonyl (C=O) groups excluding carboxylic acids is 1. The van der Waals surface area contributed by atoms with E-state index in [2.05, 4.69) is 26.6 Å². The van der Waals surface area contributed by atoms with Gasteiger partial charge in [-0.1, -0.05) is 41.4 Å². The van der Waals surface area contributed by atoms with E-state index in [9.17, 15) is 4.79 Å². The summed E-state index contributed by atoms with van der Waals surface area (Å²) in [6.45, 7) is 2.25. The molecule has 3 aromatic rings. The predicted molar refractivity (Wildman–Crippen MR) is 130 cm³/mol. The molecule has 0 aliphatic rings. The van der Waals surface area contributed by atoms with Crippen LogP contribution in [-0.2, 0) is 11.3 Å². The van der Waals surface area contributed by atoms with Crippen LogP contribution < -0.4 is 20.1 Å². The molecule has 1 amide bonds. The first-order valence-corrected chi connectivity index (χ1v) is 11.0. The normalized spacial score (nSPS) is 10.5. The molecule has 0 saturated carbocycles. The van der Waals surface area contributed by atoms with E-state index in [1.165, 1.54) is 0 Å². The van der Waals surface area contributed by atoms with Gasteiger partial charge < -0.3 is 20.1 Å². The maximum Gasteiger partial charge on any atom is 0.262 e. The van der Waals surface area contributed by atoms with Gasteiger partial charge in [-0.25, -0.2) is 0 Å². The molecular formula is C23H21BrCl2N2O3. The highest BCUT2D eigenvalue weighted by molar-refractivity contribution is 9.10. The molecule has 0 saturated heterocycles. The molecule has 3 aromatic carbocycles. The molecule has 0 heterocycles. The Balaban J connectivity index is 1.64. The summed E-state index contributed by atoms with van der Waals surface area (Å²) in [5.41, 5.74) is 3.34. The van der Waals surface area contributed by atoms with E-state index < -0.39 is 0 Å². The minimum Gasteiger partial charge on any atom is -0.493 e. The highest BCUT2D eigenvalue weighted by Gasteiger charge is 2.14. The third-order valence-corrected chi connectivity index (χ3v) is 5.78. The van der Waals surface area contributed by atoms with Crippen molar-refractivity contribution in [1.82, 2.24) is 0 Å². The van der Waals surface area contributed by atoms with E-state index >= 15 is 0 Å². The molecule has 0 aliphatic heterocycles. The van der Waals surface area contributed by atoms with Gasteiger partial charge in [-0.05, 0) is 70.4 Å². The van der Waals surface area contributed by atoms with Crippen molar-refractivity contribution in [3.05, 3.63) is 80.2 Å². The van der Waals surface area contributed by atoms with Crippen molar-refractivity contribution in [2.24, 2.45) is 0 Å². The second-order valence-corrected chi connectivity index (χ2v) is 8.41. The number of methoxy groups -OCH3 is 1. The van der Waals surface area contributed by atoms with Gasteiger partial charge in [-0.2, -0.15) is 0 Å². The highest BCUT2D eigenvalue weighted by atomic mass is 79.9. The van der Waals surface area contributed by atoms with Gasteiger partial charge in [-0.3, -0.25) is 4.79 Å². The van der Waals surface area contributed by atoms with Gasteiger partial charge in [0.15, 0.2) is 18.1 Å². The maximum absolute atomic E-state index is 12.3. The molecule has 0 radical (unpaired) electrons. The van der Waals surface area contributed by atoms with Crippen molar-refractivity contribution in [3.63, 3.8) is 0 Å². The van der Waals surface area contributed by atoms with Gasteiger partial charge in [0.25, 0.3) is 5.91 Å². The number of halogens is 3. The van der Waals surface area contributed by atoms with Gasteiger partial charge in [0.2, 0.25) is 0 Å². The molecule has 0 atom stereocenters. The van der Waals surface area contributed by atoms with Crippen LogP contribution in [0, 0.1) is 6.92 Å². The van der Waals surface area contributed by atoms with Crippen molar-refractivity contribution in [2.45, 2.75) is 13.5 Å². The molecule has 2 N–H and O–H groups in total. The summed E-state index contributed by atoms with van der Waals surface area (Å²) in [6.07, 6.45) is 0. The van der Waals surface area contributed by atoms with Crippen LogP contribution in [0.1, 0.15) is 11.1 Å². The second-order valence-electron chi connectivity index (χ2n) is 6.74. The molecule has 162 valence electrons. The van der Waals surface area contributed by atoms with Gasteiger partial charge in [0.1, 0.15) is 0 Å². The molecule has 0 fully saturated rings. The van der Waals surface area contributed by atoms with Crippen molar-refractivity contribution in [3.8, 4) is 11.5 Å². The van der Waals surface area contributed by atoms with Crippen LogP contribution >= 0.6 is 39.1 Å². The average Bonchev–Trinajstić information content (AvgIpc) is 2.74. The van der Waals surface area contributed by atoms with Crippen LogP contribution in [0.4, 0.5) is 11.4 Å². The lowest BCUT2D eigenvalue weighted by molar-refractivity contribution is -0.118. The van der Waals surface area contributed by atoms with Gasteiger partial charge >= 0.3 is 0 Å². The number of nitrogens with one attached hydrogen (secondary N) is 2. The van der Waals surface area contributed by atoms with Crippen LogP contribution in [0.25, 0.3) is 0 Å². The van der Waals surface area contributed by atoms with Crippen molar-refractivity contribution >= 4 is 56.4 Å². The third-order valence-electron chi connectivity index (χ3n) is 4.45. The van der Waals surface area contributed by atoms with Crippen molar-refractivity contribution in [2.75, 3.05) is 24.4 Å². The largest absolute Gasteiger partial charge is 0.493 e. The first kappa shape index (κ1) is 23.3. The Morgan fingerprint density at radius 2 is 1.84 bits per heavy atom. The minimum absolute atomic E-state index is 0.183. The maximum atomic E-state index is 12.3. The molecule has 3 rings (SSSR count). The first-order chi connectivity index (χ1) is 14.9. The summed E-state index contributed by atoms with van der Waals surface area (Å²) in [6, 6.07) is 16.6. The molecular weight excluding hydrogens is 503 g/mol. The number of rotatable bonds is 8. The summed E-state index contributed by atoms with van der Waals surface area (Å²) in [4.78, 5) is 12.3. The van der Waals surface area contributed by atoms with E-state index in [4.69, 9.17) is 32.7 Å². The Morgan fingerprint density at radius 1 is 1.06 bits per heavy atom. The molecule has 0 spiro atoms. The van der Waals surface area contributed by atoms with Gasteiger partial charge in [0.05, 0.1) is 22.3 Å². The molecule has 0 unspecified atom stereocenters. The molecule has 0 bridgehead atoms. The zero-order chi connectivity index (χ0) is 22.4. The van der Waals surface area contributed by atoms with Crippen molar-refractivity contribution < 1.29 is 14.3 Å². The topological polar surface area (TPSA) is 59.6 Å². The number of benzene rings is 3. The minimum atomic E-state index is -0.307. The standard InChI is InChI=1S/C23H21BrCl2N2O3/c1-14-7-8-16(11-19(14)26)28-22(29)13-31-23-17(24)9-15(10-21(23)30-2)12-27-20-6-4-3-5-18(20)25/h3-11,27H,12-13H2,1-2H3,(H,28,29). The third kappa shape index (κ3) is 6.29. The zero-order valence-electron chi connectivity index (χ0n) is 17.0. The molecule has 31 heavy (non-hydrogen) atoms. The summed E-state index contributed by atoms with van der Waals surface area (Å²) in [5, 5.41) is 7.29. The van der Waals surface area contributed by atoms with E-state index in [1.807, 2.05) is 49.4 Å². The molecule has 0 aromatic heterocycles. The number of para-hydroxylation sites is 1. The van der Waals surface area contributed by atoms with Gasteiger partial charge in [0, 0.05) is 17.3 Å². The number of carbonyl (C=O) groups is 1. The molecule has 0 aliphatic carbocycles. The second kappa shape index (κ2) is 10.8. The SMILES string of the molecule is COc1cc(CNc2ccccc2Cl)cc(Br)c1OCC(=O)Nc1ccc(C)c(Cl)c1. The van der Waals surface area contributed by atoms with Crippen LogP contribution in [0.15, 0.2) is 59.1 Å². The summed E-state index contributed by atoms with van der Waals surface area (Å²) < 4.78 is 11.9. The summed E-state index contributed by atoms with van der Waals surface area (Å²) in [7, 11) is 1.55. The fourth-order valence-electron chi connectivity index (χ4n) is 2.82. The Labute approximate surface area is 199 Å². The Kier molecular flexibility index (Phi) is 8.07. The number of aryl methyl sites for hydroxylation is 1. The summed E-state index contributed by atoms with van der Waals surface area (Å²) in [5.74, 6) is 0.649. The monoisotopic (exact) mass is 522 g/mol. The quantitative estimate of drug-likeness (QED) is 0.344. The smallest absolute Gasteiger partial charge is 0.262 e. The predicted octanol–water partition coefficient (Wildman–Crippen LogP) is 6.70. The lowest BCUT2D eigenvalue weighted by Gasteiger charge is -2.15. The van der Waals surface area contributed by atoms with Crippen LogP contribution in [0.3, 0.4) is 0 Å².